The van der Waals surface area contributed by atoms with Gasteiger partial charge in [-0.15, -0.1) is 0 Å². The molecule has 0 aliphatic carbocycles. The molecular formula is C9H8INO. The van der Waals surface area contributed by atoms with Gasteiger partial charge in [-0.2, -0.15) is 0 Å². The second kappa shape index (κ2) is 4.25. The monoisotopic (exact) mass is 273 g/mol. The van der Waals surface area contributed by atoms with Gasteiger partial charge in [-0.1, -0.05) is 12.6 Å². The smallest absolute Gasteiger partial charge is 0.247 e. The number of benzene rings is 1. The minimum Gasteiger partial charge on any atom is -0.322 e. The van der Waals surface area contributed by atoms with Crippen LogP contribution in [0.4, 0.5) is 5.69 Å². The largest absolute Gasteiger partial charge is 0.322 e. The normalized spacial score (nSPS) is 9.08. The lowest BCUT2D eigenvalue weighted by Gasteiger charge is -2.00. The van der Waals surface area contributed by atoms with Crippen molar-refractivity contribution in [1.29, 1.82) is 0 Å². The van der Waals surface area contributed by atoms with Crippen molar-refractivity contribution in [2.45, 2.75) is 0 Å². The fourth-order valence-electron chi connectivity index (χ4n) is 0.760. The van der Waals surface area contributed by atoms with Crippen LogP contribution in [0.3, 0.4) is 0 Å². The molecule has 1 aromatic rings. The van der Waals surface area contributed by atoms with Crippen LogP contribution in [0.15, 0.2) is 36.9 Å². The van der Waals surface area contributed by atoms with E-state index < -0.39 is 0 Å². The first-order chi connectivity index (χ1) is 5.72. The summed E-state index contributed by atoms with van der Waals surface area (Å²) >= 11 is 2.19. The van der Waals surface area contributed by atoms with Crippen LogP contribution in [0.5, 0.6) is 0 Å². The molecule has 62 valence electrons. The molecule has 0 fully saturated rings. The molecule has 1 N–H and O–H groups in total. The van der Waals surface area contributed by atoms with Gasteiger partial charge >= 0.3 is 0 Å². The number of hydrogen-bond acceptors (Lipinski definition) is 1. The number of anilines is 1. The first-order valence-corrected chi connectivity index (χ1v) is 4.49. The highest BCUT2D eigenvalue weighted by Crippen LogP contribution is 2.11. The van der Waals surface area contributed by atoms with Crippen molar-refractivity contribution < 1.29 is 4.79 Å². The Hall–Kier alpha value is -0.840. The maximum absolute atomic E-state index is 10.9. The summed E-state index contributed by atoms with van der Waals surface area (Å²) in [6, 6.07) is 7.58. The number of carbonyl (C=O) groups is 1. The maximum atomic E-state index is 10.9. The zero-order valence-corrected chi connectivity index (χ0v) is 8.54. The second-order valence-corrected chi connectivity index (χ2v) is 3.45. The Bertz CT molecular complexity index is 309. The van der Waals surface area contributed by atoms with Gasteiger partial charge < -0.3 is 5.32 Å². The quantitative estimate of drug-likeness (QED) is 0.650. The standard InChI is InChI=1S/C9H8INO/c1-2-9(12)11-8-5-3-4-7(10)6-8/h2-6H,1H2,(H,11,12). The zero-order chi connectivity index (χ0) is 8.97. The van der Waals surface area contributed by atoms with E-state index in [1.165, 1.54) is 6.08 Å². The molecular weight excluding hydrogens is 265 g/mol. The molecule has 0 heterocycles. The minimum atomic E-state index is -0.183. The minimum absolute atomic E-state index is 0.183. The molecule has 0 aromatic heterocycles. The molecule has 1 aromatic carbocycles. The number of rotatable bonds is 2. The van der Waals surface area contributed by atoms with Crippen LogP contribution in [-0.4, -0.2) is 5.91 Å². The van der Waals surface area contributed by atoms with Gasteiger partial charge in [0.05, 0.1) is 0 Å². The summed E-state index contributed by atoms with van der Waals surface area (Å²) in [7, 11) is 0. The van der Waals surface area contributed by atoms with Crippen molar-refractivity contribution >= 4 is 34.2 Å². The third kappa shape index (κ3) is 2.65. The van der Waals surface area contributed by atoms with Crippen LogP contribution in [0.2, 0.25) is 0 Å². The molecule has 3 heteroatoms. The van der Waals surface area contributed by atoms with Gasteiger partial charge in [-0.25, -0.2) is 0 Å². The molecule has 1 rings (SSSR count). The predicted molar refractivity (Wildman–Crippen MR) is 58.0 cm³/mol. The maximum Gasteiger partial charge on any atom is 0.247 e. The fraction of sp³-hybridized carbons (Fsp3) is 0. The van der Waals surface area contributed by atoms with Crippen LogP contribution in [0, 0.1) is 3.57 Å². The molecule has 0 aliphatic heterocycles. The van der Waals surface area contributed by atoms with Crippen molar-refractivity contribution in [2.24, 2.45) is 0 Å². The Labute approximate surface area is 84.8 Å². The SMILES string of the molecule is C=CC(=O)Nc1cccc(I)c1. The molecule has 0 atom stereocenters. The van der Waals surface area contributed by atoms with E-state index in [0.29, 0.717) is 0 Å². The van der Waals surface area contributed by atoms with Gasteiger partial charge in [0.2, 0.25) is 5.91 Å². The Balaban J connectivity index is 2.76. The highest BCUT2D eigenvalue weighted by Gasteiger charge is 1.95. The van der Waals surface area contributed by atoms with Crippen LogP contribution >= 0.6 is 22.6 Å². The van der Waals surface area contributed by atoms with Crippen LogP contribution in [0.25, 0.3) is 0 Å². The Morgan fingerprint density at radius 1 is 1.58 bits per heavy atom. The molecule has 0 spiro atoms. The van der Waals surface area contributed by atoms with Crippen LogP contribution < -0.4 is 5.32 Å². The third-order valence-electron chi connectivity index (χ3n) is 1.28. The number of amides is 1. The van der Waals surface area contributed by atoms with Gasteiger partial charge in [0.15, 0.2) is 0 Å². The van der Waals surface area contributed by atoms with Gasteiger partial charge in [0.1, 0.15) is 0 Å². The van der Waals surface area contributed by atoms with Crippen molar-refractivity contribution in [1.82, 2.24) is 0 Å². The summed E-state index contributed by atoms with van der Waals surface area (Å²) in [5.74, 6) is -0.183. The molecule has 2 nitrogen and oxygen atoms in total. The van der Waals surface area contributed by atoms with E-state index in [9.17, 15) is 4.79 Å². The van der Waals surface area contributed by atoms with E-state index in [1.807, 2.05) is 24.3 Å². The highest BCUT2D eigenvalue weighted by molar-refractivity contribution is 14.1. The number of carbonyl (C=O) groups excluding carboxylic acids is 1. The van der Waals surface area contributed by atoms with E-state index in [0.717, 1.165) is 9.26 Å². The van der Waals surface area contributed by atoms with Crippen molar-refractivity contribution in [3.05, 3.63) is 40.5 Å². The topological polar surface area (TPSA) is 29.1 Å². The van der Waals surface area contributed by atoms with Gasteiger partial charge in [-0.3, -0.25) is 4.79 Å². The predicted octanol–water partition coefficient (Wildman–Crippen LogP) is 2.42. The summed E-state index contributed by atoms with van der Waals surface area (Å²) in [6.07, 6.45) is 1.25. The Morgan fingerprint density at radius 2 is 2.33 bits per heavy atom. The molecule has 12 heavy (non-hydrogen) atoms. The van der Waals surface area contributed by atoms with Crippen molar-refractivity contribution in [2.75, 3.05) is 5.32 Å². The second-order valence-electron chi connectivity index (χ2n) is 2.20. The fourth-order valence-corrected chi connectivity index (χ4v) is 1.30. The average Bonchev–Trinajstić information content (AvgIpc) is 2.04. The third-order valence-corrected chi connectivity index (χ3v) is 1.95. The first-order valence-electron chi connectivity index (χ1n) is 3.41. The van der Waals surface area contributed by atoms with Crippen molar-refractivity contribution in [3.8, 4) is 0 Å². The molecule has 0 radical (unpaired) electrons. The lowest BCUT2D eigenvalue weighted by Crippen LogP contribution is -2.06. The average molecular weight is 273 g/mol. The van der Waals surface area contributed by atoms with Crippen molar-refractivity contribution in [3.63, 3.8) is 0 Å². The summed E-state index contributed by atoms with van der Waals surface area (Å²) in [5, 5.41) is 2.67. The first kappa shape index (κ1) is 9.25. The van der Waals surface area contributed by atoms with Gasteiger partial charge in [0.25, 0.3) is 0 Å². The number of nitrogens with one attached hydrogen (secondary N) is 1. The lowest BCUT2D eigenvalue weighted by atomic mass is 10.3. The summed E-state index contributed by atoms with van der Waals surface area (Å²) in [5.41, 5.74) is 0.798. The Morgan fingerprint density at radius 3 is 2.92 bits per heavy atom. The number of halogens is 1. The van der Waals surface area contributed by atoms with E-state index in [2.05, 4.69) is 34.5 Å². The zero-order valence-electron chi connectivity index (χ0n) is 6.38. The lowest BCUT2D eigenvalue weighted by molar-refractivity contribution is -0.111. The van der Waals surface area contributed by atoms with E-state index in [1.54, 1.807) is 0 Å². The van der Waals surface area contributed by atoms with E-state index in [-0.39, 0.29) is 5.91 Å². The van der Waals surface area contributed by atoms with Gasteiger partial charge in [0, 0.05) is 9.26 Å². The van der Waals surface area contributed by atoms with Crippen LogP contribution in [-0.2, 0) is 4.79 Å². The molecule has 0 saturated heterocycles. The van der Waals surface area contributed by atoms with E-state index in [4.69, 9.17) is 0 Å². The summed E-state index contributed by atoms with van der Waals surface area (Å²) in [4.78, 5) is 10.9. The number of hydrogen-bond donors (Lipinski definition) is 1. The summed E-state index contributed by atoms with van der Waals surface area (Å²) < 4.78 is 1.09. The van der Waals surface area contributed by atoms with E-state index >= 15 is 0 Å². The Kier molecular flexibility index (Phi) is 3.28. The highest BCUT2D eigenvalue weighted by atomic mass is 127. The van der Waals surface area contributed by atoms with Crippen LogP contribution in [0.1, 0.15) is 0 Å². The molecule has 1 amide bonds. The molecule has 0 bridgehead atoms. The summed E-state index contributed by atoms with van der Waals surface area (Å²) in [6.45, 7) is 3.37. The molecule has 0 unspecified atom stereocenters. The molecule has 0 saturated carbocycles. The molecule has 0 aliphatic rings. The van der Waals surface area contributed by atoms with Gasteiger partial charge in [-0.05, 0) is 46.9 Å².